The number of hydrogen-bond donors (Lipinski definition) is 2. The Balaban J connectivity index is 1.85. The van der Waals surface area contributed by atoms with E-state index in [1.165, 1.54) is 19.2 Å². The smallest absolute Gasteiger partial charge is 0.221 e. The van der Waals surface area contributed by atoms with Crippen LogP contribution in [0.25, 0.3) is 0 Å². The van der Waals surface area contributed by atoms with Crippen molar-refractivity contribution in [3.05, 3.63) is 11.9 Å². The highest BCUT2D eigenvalue weighted by Crippen LogP contribution is 2.19. The summed E-state index contributed by atoms with van der Waals surface area (Å²) in [7, 11) is 1.63. The van der Waals surface area contributed by atoms with Gasteiger partial charge in [0.25, 0.3) is 0 Å². The van der Waals surface area contributed by atoms with Gasteiger partial charge in [-0.3, -0.25) is 0 Å². The largest absolute Gasteiger partial charge is 0.481 e. The van der Waals surface area contributed by atoms with Gasteiger partial charge in [0.05, 0.1) is 12.7 Å². The van der Waals surface area contributed by atoms with E-state index in [2.05, 4.69) is 20.6 Å². The molecule has 1 aromatic heterocycles. The lowest BCUT2D eigenvalue weighted by atomic mass is 10.1. The van der Waals surface area contributed by atoms with E-state index >= 15 is 0 Å². The van der Waals surface area contributed by atoms with E-state index in [1.807, 2.05) is 6.92 Å². The molecule has 0 amide bonds. The molecule has 0 aromatic carbocycles. The molecule has 17 heavy (non-hydrogen) atoms. The molecule has 0 saturated carbocycles. The first-order valence-corrected chi connectivity index (χ1v) is 6.14. The van der Waals surface area contributed by atoms with Gasteiger partial charge in [-0.2, -0.15) is 0 Å². The zero-order valence-electron chi connectivity index (χ0n) is 10.5. The van der Waals surface area contributed by atoms with Gasteiger partial charge in [0.2, 0.25) is 5.88 Å². The molecular formula is C12H20N4O. The molecule has 2 N–H and O–H groups in total. The maximum atomic E-state index is 5.16. The molecule has 1 fully saturated rings. The van der Waals surface area contributed by atoms with Crippen LogP contribution in [0.1, 0.15) is 24.8 Å². The van der Waals surface area contributed by atoms with Gasteiger partial charge in [-0.15, -0.1) is 0 Å². The summed E-state index contributed by atoms with van der Waals surface area (Å²) in [6, 6.07) is 0.659. The summed E-state index contributed by atoms with van der Waals surface area (Å²) >= 11 is 0. The molecule has 1 aliphatic rings. The van der Waals surface area contributed by atoms with Crippen molar-refractivity contribution in [2.75, 3.05) is 25.5 Å². The van der Waals surface area contributed by atoms with Crippen molar-refractivity contribution < 1.29 is 4.74 Å². The number of methoxy groups -OCH3 is 1. The number of nitrogens with one attached hydrogen (secondary N) is 2. The fourth-order valence-electron chi connectivity index (χ4n) is 2.19. The highest BCUT2D eigenvalue weighted by atomic mass is 16.5. The third-order valence-electron chi connectivity index (χ3n) is 3.18. The zero-order valence-corrected chi connectivity index (χ0v) is 10.5. The zero-order chi connectivity index (χ0) is 12.1. The van der Waals surface area contributed by atoms with E-state index < -0.39 is 0 Å². The third kappa shape index (κ3) is 3.06. The number of anilines is 1. The van der Waals surface area contributed by atoms with Crippen LogP contribution in [0.4, 0.5) is 5.82 Å². The van der Waals surface area contributed by atoms with E-state index in [0.717, 1.165) is 30.9 Å². The molecule has 1 saturated heterocycles. The molecule has 0 radical (unpaired) electrons. The summed E-state index contributed by atoms with van der Waals surface area (Å²) < 4.78 is 5.16. The van der Waals surface area contributed by atoms with Gasteiger partial charge >= 0.3 is 0 Å². The maximum Gasteiger partial charge on any atom is 0.221 e. The van der Waals surface area contributed by atoms with Gasteiger partial charge in [0.15, 0.2) is 0 Å². The molecule has 0 aliphatic carbocycles. The van der Waals surface area contributed by atoms with Crippen LogP contribution in [0.2, 0.25) is 0 Å². The van der Waals surface area contributed by atoms with E-state index in [4.69, 9.17) is 4.74 Å². The molecule has 5 nitrogen and oxygen atoms in total. The molecule has 94 valence electrons. The fourth-order valence-corrected chi connectivity index (χ4v) is 2.19. The highest BCUT2D eigenvalue weighted by Gasteiger charge is 2.13. The van der Waals surface area contributed by atoms with Gasteiger partial charge in [-0.1, -0.05) is 0 Å². The minimum absolute atomic E-state index is 0.640. The van der Waals surface area contributed by atoms with Crippen molar-refractivity contribution in [1.29, 1.82) is 0 Å². The lowest BCUT2D eigenvalue weighted by molar-refractivity contribution is 0.393. The van der Waals surface area contributed by atoms with Gasteiger partial charge < -0.3 is 15.4 Å². The van der Waals surface area contributed by atoms with E-state index in [0.29, 0.717) is 11.9 Å². The molecule has 2 heterocycles. The molecule has 1 unspecified atom stereocenters. The molecule has 0 spiro atoms. The molecule has 2 rings (SSSR count). The maximum absolute atomic E-state index is 5.16. The lowest BCUT2D eigenvalue weighted by Crippen LogP contribution is -2.24. The fraction of sp³-hybridized carbons (Fsp3) is 0.667. The molecule has 0 bridgehead atoms. The number of hydrogen-bond acceptors (Lipinski definition) is 5. The average Bonchev–Trinajstić information content (AvgIpc) is 2.84. The monoisotopic (exact) mass is 236 g/mol. The van der Waals surface area contributed by atoms with Crippen molar-refractivity contribution in [2.45, 2.75) is 32.2 Å². The van der Waals surface area contributed by atoms with Gasteiger partial charge in [-0.25, -0.2) is 9.97 Å². The second kappa shape index (κ2) is 5.82. The second-order valence-electron chi connectivity index (χ2n) is 4.37. The first-order chi connectivity index (χ1) is 8.31. The first-order valence-electron chi connectivity index (χ1n) is 6.14. The van der Waals surface area contributed by atoms with Crippen LogP contribution in [0, 0.1) is 6.92 Å². The van der Waals surface area contributed by atoms with E-state index in [-0.39, 0.29) is 0 Å². The molecule has 1 atom stereocenters. The van der Waals surface area contributed by atoms with Crippen molar-refractivity contribution >= 4 is 5.82 Å². The van der Waals surface area contributed by atoms with Crippen molar-refractivity contribution in [1.82, 2.24) is 15.3 Å². The van der Waals surface area contributed by atoms with Gasteiger partial charge in [0, 0.05) is 12.6 Å². The summed E-state index contributed by atoms with van der Waals surface area (Å²) in [6.07, 6.45) is 5.24. The summed E-state index contributed by atoms with van der Waals surface area (Å²) in [6.45, 7) is 4.05. The standard InChI is InChI=1S/C12H20N4O/c1-9-11(15-8-16-12(9)17-2)14-7-5-10-4-3-6-13-10/h8,10,13H,3-7H2,1-2H3,(H,14,15,16). The van der Waals surface area contributed by atoms with Crippen molar-refractivity contribution in [3.63, 3.8) is 0 Å². The van der Waals surface area contributed by atoms with Crippen LogP contribution in [0.3, 0.4) is 0 Å². The van der Waals surface area contributed by atoms with E-state index in [9.17, 15) is 0 Å². The minimum Gasteiger partial charge on any atom is -0.481 e. The van der Waals surface area contributed by atoms with Crippen LogP contribution in [0.15, 0.2) is 6.33 Å². The molecular weight excluding hydrogens is 216 g/mol. The topological polar surface area (TPSA) is 59.1 Å². The van der Waals surface area contributed by atoms with E-state index in [1.54, 1.807) is 7.11 Å². The van der Waals surface area contributed by atoms with Gasteiger partial charge in [-0.05, 0) is 32.7 Å². The van der Waals surface area contributed by atoms with Crippen LogP contribution >= 0.6 is 0 Å². The van der Waals surface area contributed by atoms with Crippen molar-refractivity contribution in [3.8, 4) is 5.88 Å². The SMILES string of the molecule is COc1ncnc(NCCC2CCCN2)c1C. The molecule has 1 aliphatic heterocycles. The van der Waals surface area contributed by atoms with Crippen LogP contribution < -0.4 is 15.4 Å². The third-order valence-corrected chi connectivity index (χ3v) is 3.18. The Hall–Kier alpha value is -1.36. The second-order valence-corrected chi connectivity index (χ2v) is 4.37. The summed E-state index contributed by atoms with van der Waals surface area (Å²) in [5.74, 6) is 1.51. The van der Waals surface area contributed by atoms with Crippen LogP contribution in [-0.4, -0.2) is 36.2 Å². The Morgan fingerprint density at radius 1 is 1.53 bits per heavy atom. The first kappa shape index (κ1) is 12.1. The summed E-state index contributed by atoms with van der Waals surface area (Å²) in [5.41, 5.74) is 0.967. The molecule has 1 aromatic rings. The summed E-state index contributed by atoms with van der Waals surface area (Å²) in [5, 5.41) is 6.83. The number of aromatic nitrogens is 2. The van der Waals surface area contributed by atoms with Crippen LogP contribution in [-0.2, 0) is 0 Å². The predicted molar refractivity (Wildman–Crippen MR) is 67.5 cm³/mol. The Morgan fingerprint density at radius 2 is 2.41 bits per heavy atom. The number of ether oxygens (including phenoxy) is 1. The van der Waals surface area contributed by atoms with Gasteiger partial charge in [0.1, 0.15) is 12.1 Å². The number of nitrogens with zero attached hydrogens (tertiary/aromatic N) is 2. The Kier molecular flexibility index (Phi) is 4.14. The highest BCUT2D eigenvalue weighted by molar-refractivity contribution is 5.47. The normalized spacial score (nSPS) is 19.3. The lowest BCUT2D eigenvalue weighted by Gasteiger charge is -2.13. The Labute approximate surface area is 102 Å². The Bertz CT molecular complexity index is 364. The Morgan fingerprint density at radius 3 is 3.12 bits per heavy atom. The minimum atomic E-state index is 0.640. The average molecular weight is 236 g/mol. The number of rotatable bonds is 5. The quantitative estimate of drug-likeness (QED) is 0.808. The summed E-state index contributed by atoms with van der Waals surface area (Å²) in [4.78, 5) is 8.29. The van der Waals surface area contributed by atoms with Crippen molar-refractivity contribution in [2.24, 2.45) is 0 Å². The van der Waals surface area contributed by atoms with Crippen LogP contribution in [0.5, 0.6) is 5.88 Å². The molecule has 5 heteroatoms. The predicted octanol–water partition coefficient (Wildman–Crippen LogP) is 1.35.